The molecule has 1 heterocycles. The van der Waals surface area contributed by atoms with Crippen LogP contribution >= 0.6 is 11.6 Å². The Kier molecular flexibility index (Phi) is 4.86. The molecule has 0 saturated carbocycles. The van der Waals surface area contributed by atoms with Gasteiger partial charge in [0, 0.05) is 11.2 Å². The zero-order chi connectivity index (χ0) is 17.0. The number of benzene rings is 1. The summed E-state index contributed by atoms with van der Waals surface area (Å²) < 4.78 is 50.4. The van der Waals surface area contributed by atoms with Crippen molar-refractivity contribution in [3.05, 3.63) is 58.6 Å². The SMILES string of the molecule is O=C(Nc1cccnc1C#Cc1cc(Cl)ccc1F)C(F)(F)F. The molecule has 1 amide bonds. The van der Waals surface area contributed by atoms with Gasteiger partial charge in [0.2, 0.25) is 0 Å². The predicted octanol–water partition coefficient (Wildman–Crippen LogP) is 3.77. The van der Waals surface area contributed by atoms with Crippen molar-refractivity contribution in [1.29, 1.82) is 0 Å². The van der Waals surface area contributed by atoms with E-state index in [1.165, 1.54) is 30.5 Å². The molecule has 0 spiro atoms. The van der Waals surface area contributed by atoms with Gasteiger partial charge in [0.1, 0.15) is 11.5 Å². The van der Waals surface area contributed by atoms with Gasteiger partial charge in [-0.3, -0.25) is 4.79 Å². The minimum atomic E-state index is -5.04. The number of halogens is 5. The van der Waals surface area contributed by atoms with Gasteiger partial charge in [-0.2, -0.15) is 13.2 Å². The van der Waals surface area contributed by atoms with E-state index in [1.807, 2.05) is 0 Å². The Bertz CT molecular complexity index is 809. The Balaban J connectivity index is 2.34. The van der Waals surface area contributed by atoms with E-state index in [0.717, 1.165) is 6.07 Å². The van der Waals surface area contributed by atoms with E-state index in [-0.39, 0.29) is 22.0 Å². The lowest BCUT2D eigenvalue weighted by molar-refractivity contribution is -0.167. The van der Waals surface area contributed by atoms with Crippen LogP contribution in [0.15, 0.2) is 36.5 Å². The van der Waals surface area contributed by atoms with E-state index in [2.05, 4.69) is 16.8 Å². The summed E-state index contributed by atoms with van der Waals surface area (Å²) in [5.74, 6) is 2.04. The summed E-state index contributed by atoms with van der Waals surface area (Å²) in [7, 11) is 0. The minimum Gasteiger partial charge on any atom is -0.316 e. The van der Waals surface area contributed by atoms with Crippen molar-refractivity contribution in [2.24, 2.45) is 0 Å². The van der Waals surface area contributed by atoms with Gasteiger partial charge in [-0.25, -0.2) is 9.37 Å². The molecular formula is C15H7ClF4N2O. The summed E-state index contributed by atoms with van der Waals surface area (Å²) in [5.41, 5.74) is -0.412. The van der Waals surface area contributed by atoms with Gasteiger partial charge >= 0.3 is 12.1 Å². The Morgan fingerprint density at radius 3 is 2.65 bits per heavy atom. The molecule has 0 aliphatic rings. The van der Waals surface area contributed by atoms with Crippen LogP contribution < -0.4 is 5.32 Å². The number of carbonyl (C=O) groups is 1. The number of anilines is 1. The van der Waals surface area contributed by atoms with Crippen molar-refractivity contribution in [1.82, 2.24) is 4.98 Å². The molecule has 0 fully saturated rings. The third-order valence-corrected chi connectivity index (χ3v) is 2.79. The summed E-state index contributed by atoms with van der Waals surface area (Å²) in [6.07, 6.45) is -3.76. The standard InChI is InChI=1S/C15H7ClF4N2O/c16-10-4-5-11(17)9(8-10)3-6-12-13(2-1-7-21-12)22-14(23)15(18,19)20/h1-2,4-5,7-8H,(H,22,23). The predicted molar refractivity (Wildman–Crippen MR) is 76.3 cm³/mol. The van der Waals surface area contributed by atoms with Gasteiger partial charge in [0.15, 0.2) is 0 Å². The Labute approximate surface area is 133 Å². The molecular weight excluding hydrogens is 336 g/mol. The number of alkyl halides is 3. The summed E-state index contributed by atoms with van der Waals surface area (Å²) in [6.45, 7) is 0. The Hall–Kier alpha value is -2.59. The highest BCUT2D eigenvalue weighted by Gasteiger charge is 2.38. The maximum atomic E-state index is 13.5. The largest absolute Gasteiger partial charge is 0.471 e. The van der Waals surface area contributed by atoms with Crippen molar-refractivity contribution < 1.29 is 22.4 Å². The molecule has 0 unspecified atom stereocenters. The average molecular weight is 343 g/mol. The molecule has 1 N–H and O–H groups in total. The fourth-order valence-electron chi connectivity index (χ4n) is 1.52. The van der Waals surface area contributed by atoms with Gasteiger partial charge < -0.3 is 5.32 Å². The second-order valence-corrected chi connectivity index (χ2v) is 4.66. The summed E-state index contributed by atoms with van der Waals surface area (Å²) >= 11 is 5.72. The van der Waals surface area contributed by atoms with E-state index < -0.39 is 17.9 Å². The number of pyridine rings is 1. The molecule has 1 aromatic carbocycles. The van der Waals surface area contributed by atoms with Crippen LogP contribution in [0.5, 0.6) is 0 Å². The fourth-order valence-corrected chi connectivity index (χ4v) is 1.69. The number of carbonyl (C=O) groups excluding carboxylic acids is 1. The molecule has 1 aromatic heterocycles. The second kappa shape index (κ2) is 6.67. The van der Waals surface area contributed by atoms with Gasteiger partial charge in [0.05, 0.1) is 11.3 Å². The molecule has 3 nitrogen and oxygen atoms in total. The number of nitrogens with zero attached hydrogens (tertiary/aromatic N) is 1. The summed E-state index contributed by atoms with van der Waals surface area (Å²) in [6, 6.07) is 6.24. The van der Waals surface area contributed by atoms with Crippen molar-refractivity contribution in [2.45, 2.75) is 6.18 Å². The van der Waals surface area contributed by atoms with Crippen LogP contribution in [0, 0.1) is 17.7 Å². The number of aromatic nitrogens is 1. The lowest BCUT2D eigenvalue weighted by Gasteiger charge is -2.08. The highest BCUT2D eigenvalue weighted by atomic mass is 35.5. The molecule has 0 atom stereocenters. The van der Waals surface area contributed by atoms with Crippen LogP contribution in [-0.4, -0.2) is 17.1 Å². The molecule has 118 valence electrons. The first-order valence-corrected chi connectivity index (χ1v) is 6.45. The van der Waals surface area contributed by atoms with Crippen molar-refractivity contribution >= 4 is 23.2 Å². The lowest BCUT2D eigenvalue weighted by Crippen LogP contribution is -2.30. The van der Waals surface area contributed by atoms with E-state index in [9.17, 15) is 22.4 Å². The first-order valence-electron chi connectivity index (χ1n) is 6.07. The Morgan fingerprint density at radius 2 is 1.96 bits per heavy atom. The molecule has 0 aliphatic carbocycles. The molecule has 23 heavy (non-hydrogen) atoms. The average Bonchev–Trinajstić information content (AvgIpc) is 2.48. The summed E-state index contributed by atoms with van der Waals surface area (Å²) in [4.78, 5) is 14.7. The number of hydrogen-bond donors (Lipinski definition) is 1. The van der Waals surface area contributed by atoms with Crippen molar-refractivity contribution in [2.75, 3.05) is 5.32 Å². The molecule has 2 aromatic rings. The molecule has 0 bridgehead atoms. The third-order valence-electron chi connectivity index (χ3n) is 2.56. The van der Waals surface area contributed by atoms with Crippen molar-refractivity contribution in [3.8, 4) is 11.8 Å². The van der Waals surface area contributed by atoms with Crippen molar-refractivity contribution in [3.63, 3.8) is 0 Å². The maximum Gasteiger partial charge on any atom is 0.471 e. The third kappa shape index (κ3) is 4.44. The maximum absolute atomic E-state index is 13.5. The molecule has 0 radical (unpaired) electrons. The number of rotatable bonds is 1. The van der Waals surface area contributed by atoms with Crippen LogP contribution in [0.25, 0.3) is 0 Å². The quantitative estimate of drug-likeness (QED) is 0.633. The van der Waals surface area contributed by atoms with E-state index in [0.29, 0.717) is 0 Å². The highest BCUT2D eigenvalue weighted by Crippen LogP contribution is 2.20. The molecule has 8 heteroatoms. The number of nitrogens with one attached hydrogen (secondary N) is 1. The van der Waals surface area contributed by atoms with Crippen LogP contribution in [0.1, 0.15) is 11.3 Å². The van der Waals surface area contributed by atoms with Crippen LogP contribution in [0.3, 0.4) is 0 Å². The summed E-state index contributed by atoms with van der Waals surface area (Å²) in [5, 5.41) is 1.92. The first-order chi connectivity index (χ1) is 10.8. The Morgan fingerprint density at radius 1 is 1.22 bits per heavy atom. The van der Waals surface area contributed by atoms with Crippen LogP contribution in [0.2, 0.25) is 5.02 Å². The molecule has 0 aliphatic heterocycles. The van der Waals surface area contributed by atoms with Gasteiger partial charge in [-0.1, -0.05) is 17.5 Å². The zero-order valence-corrected chi connectivity index (χ0v) is 12.0. The first kappa shape index (κ1) is 16.8. The topological polar surface area (TPSA) is 42.0 Å². The van der Waals surface area contributed by atoms with E-state index in [1.54, 1.807) is 5.32 Å². The fraction of sp³-hybridized carbons (Fsp3) is 0.0667. The normalized spacial score (nSPS) is 10.7. The molecule has 0 saturated heterocycles. The van der Waals surface area contributed by atoms with Gasteiger partial charge in [-0.05, 0) is 36.3 Å². The number of hydrogen-bond acceptors (Lipinski definition) is 2. The zero-order valence-electron chi connectivity index (χ0n) is 11.2. The highest BCUT2D eigenvalue weighted by molar-refractivity contribution is 6.30. The van der Waals surface area contributed by atoms with Crippen LogP contribution in [0.4, 0.5) is 23.2 Å². The monoisotopic (exact) mass is 342 g/mol. The minimum absolute atomic E-state index is 0.0451. The van der Waals surface area contributed by atoms with Crippen LogP contribution in [-0.2, 0) is 4.79 Å². The van der Waals surface area contributed by atoms with Gasteiger partial charge in [0.25, 0.3) is 0 Å². The van der Waals surface area contributed by atoms with Gasteiger partial charge in [-0.15, -0.1) is 0 Å². The van der Waals surface area contributed by atoms with E-state index in [4.69, 9.17) is 11.6 Å². The van der Waals surface area contributed by atoms with E-state index >= 15 is 0 Å². The smallest absolute Gasteiger partial charge is 0.316 e. The molecule has 2 rings (SSSR count). The lowest BCUT2D eigenvalue weighted by atomic mass is 10.2. The number of amides is 1. The second-order valence-electron chi connectivity index (χ2n) is 4.23.